The minimum atomic E-state index is -0.0665. The van der Waals surface area contributed by atoms with Crippen molar-refractivity contribution in [2.24, 2.45) is 5.41 Å². The predicted octanol–water partition coefficient (Wildman–Crippen LogP) is 4.85. The molecule has 1 unspecified atom stereocenters. The molecule has 1 aromatic carbocycles. The average molecular weight is 453 g/mol. The summed E-state index contributed by atoms with van der Waals surface area (Å²) in [6.07, 6.45) is 4.25. The highest BCUT2D eigenvalue weighted by atomic mass is 16.7. The van der Waals surface area contributed by atoms with Crippen LogP contribution in [-0.4, -0.2) is 57.6 Å². The van der Waals surface area contributed by atoms with Gasteiger partial charge >= 0.3 is 0 Å². The van der Waals surface area contributed by atoms with Crippen molar-refractivity contribution in [1.82, 2.24) is 0 Å². The van der Waals surface area contributed by atoms with Crippen LogP contribution in [-0.2, 0) is 31.0 Å². The van der Waals surface area contributed by atoms with E-state index in [2.05, 4.69) is 46.8 Å². The first-order valence-electron chi connectivity index (χ1n) is 12.0. The number of benzene rings is 1. The first kappa shape index (κ1) is 27.1. The number of aliphatic hydroxyl groups excluding tert-OH is 1. The van der Waals surface area contributed by atoms with E-state index in [0.29, 0.717) is 45.4 Å². The summed E-state index contributed by atoms with van der Waals surface area (Å²) in [6, 6.07) is 6.13. The molecule has 6 nitrogen and oxygen atoms in total. The highest BCUT2D eigenvalue weighted by Crippen LogP contribution is 2.37. The van der Waals surface area contributed by atoms with Gasteiger partial charge in [-0.15, -0.1) is 0 Å². The van der Waals surface area contributed by atoms with Gasteiger partial charge in [0.2, 0.25) is 0 Å². The van der Waals surface area contributed by atoms with E-state index in [0.717, 1.165) is 31.4 Å². The molecule has 1 aliphatic rings. The molecule has 6 heteroatoms. The molecule has 1 aromatic rings. The normalized spacial score (nSPS) is 17.5. The summed E-state index contributed by atoms with van der Waals surface area (Å²) in [5, 5.41) is 9.82. The molecule has 1 aliphatic heterocycles. The topological polar surface area (TPSA) is 66.4 Å². The van der Waals surface area contributed by atoms with Gasteiger partial charge in [0, 0.05) is 12.2 Å². The van der Waals surface area contributed by atoms with Crippen molar-refractivity contribution in [3.8, 4) is 5.75 Å². The molecule has 0 amide bonds. The van der Waals surface area contributed by atoms with Gasteiger partial charge in [0.05, 0.1) is 39.6 Å². The average Bonchev–Trinajstić information content (AvgIpc) is 2.74. The zero-order valence-electron chi connectivity index (χ0n) is 20.8. The van der Waals surface area contributed by atoms with Gasteiger partial charge in [0.1, 0.15) is 12.4 Å². The molecule has 1 fully saturated rings. The smallest absolute Gasteiger partial charge is 0.157 e. The maximum atomic E-state index is 9.82. The van der Waals surface area contributed by atoms with Crippen LogP contribution in [0.15, 0.2) is 18.2 Å². The summed E-state index contributed by atoms with van der Waals surface area (Å²) in [7, 11) is 0. The zero-order chi connectivity index (χ0) is 23.5. The Morgan fingerprint density at radius 1 is 0.938 bits per heavy atom. The molecule has 0 bridgehead atoms. The van der Waals surface area contributed by atoms with Crippen LogP contribution in [0.25, 0.3) is 0 Å². The van der Waals surface area contributed by atoms with E-state index in [9.17, 15) is 5.11 Å². The molecule has 0 aliphatic carbocycles. The summed E-state index contributed by atoms with van der Waals surface area (Å²) in [6.45, 7) is 15.0. The minimum Gasteiger partial charge on any atom is -0.491 e. The molecule has 1 N–H and O–H groups in total. The van der Waals surface area contributed by atoms with Crippen molar-refractivity contribution in [3.63, 3.8) is 0 Å². The van der Waals surface area contributed by atoms with Crippen molar-refractivity contribution in [3.05, 3.63) is 29.3 Å². The van der Waals surface area contributed by atoms with Crippen molar-refractivity contribution >= 4 is 0 Å². The van der Waals surface area contributed by atoms with Crippen LogP contribution < -0.4 is 4.74 Å². The Kier molecular flexibility index (Phi) is 11.4. The summed E-state index contributed by atoms with van der Waals surface area (Å²) >= 11 is 0. The third-order valence-electron chi connectivity index (χ3n) is 5.51. The zero-order valence-corrected chi connectivity index (χ0v) is 20.8. The molecule has 0 radical (unpaired) electrons. The summed E-state index contributed by atoms with van der Waals surface area (Å²) in [4.78, 5) is 0. The fourth-order valence-electron chi connectivity index (χ4n) is 4.31. The number of aliphatic hydroxyl groups is 1. The van der Waals surface area contributed by atoms with Crippen LogP contribution in [0, 0.1) is 5.41 Å². The van der Waals surface area contributed by atoms with Crippen LogP contribution in [0.2, 0.25) is 0 Å². The fourth-order valence-corrected chi connectivity index (χ4v) is 4.31. The molecular formula is C26H44O6. The maximum Gasteiger partial charge on any atom is 0.157 e. The van der Waals surface area contributed by atoms with Gasteiger partial charge in [-0.1, -0.05) is 40.7 Å². The lowest BCUT2D eigenvalue weighted by Gasteiger charge is -2.33. The van der Waals surface area contributed by atoms with E-state index in [1.165, 1.54) is 12.0 Å². The van der Waals surface area contributed by atoms with E-state index < -0.39 is 0 Å². The monoisotopic (exact) mass is 452 g/mol. The number of hydrogen-bond donors (Lipinski definition) is 1. The molecule has 32 heavy (non-hydrogen) atoms. The Morgan fingerprint density at radius 3 is 2.25 bits per heavy atom. The van der Waals surface area contributed by atoms with Gasteiger partial charge in [0.25, 0.3) is 0 Å². The number of hydrogen-bond acceptors (Lipinski definition) is 6. The lowest BCUT2D eigenvalue weighted by molar-refractivity contribution is -0.169. The molecule has 0 saturated carbocycles. The molecule has 2 rings (SSSR count). The molecule has 184 valence electrons. The van der Waals surface area contributed by atoms with E-state index >= 15 is 0 Å². The number of ether oxygens (including phenoxy) is 5. The van der Waals surface area contributed by atoms with E-state index in [-0.39, 0.29) is 23.7 Å². The Morgan fingerprint density at radius 2 is 1.62 bits per heavy atom. The predicted molar refractivity (Wildman–Crippen MR) is 126 cm³/mol. The van der Waals surface area contributed by atoms with Crippen LogP contribution in [0.5, 0.6) is 5.75 Å². The first-order chi connectivity index (χ1) is 15.2. The number of rotatable bonds is 14. The van der Waals surface area contributed by atoms with E-state index in [1.54, 1.807) is 0 Å². The fraction of sp³-hybridized carbons (Fsp3) is 0.769. The van der Waals surface area contributed by atoms with Gasteiger partial charge in [0.15, 0.2) is 6.29 Å². The van der Waals surface area contributed by atoms with Crippen LogP contribution in [0.4, 0.5) is 0 Å². The quantitative estimate of drug-likeness (QED) is 0.407. The van der Waals surface area contributed by atoms with Crippen molar-refractivity contribution in [2.45, 2.75) is 78.6 Å². The van der Waals surface area contributed by atoms with Gasteiger partial charge in [-0.3, -0.25) is 0 Å². The standard InChI is InChI=1S/C26H44O6/c1-25(2,3)20-26(4,5)22-9-10-23(21(18-22)19-27)30-16-14-28-12-13-29-15-17-32-24-8-6-7-11-31-24/h9-10,18,24,27H,6-8,11-17,19-20H2,1-5H3. The lowest BCUT2D eigenvalue weighted by atomic mass is 9.72. The van der Waals surface area contributed by atoms with Crippen molar-refractivity contribution in [1.29, 1.82) is 0 Å². The van der Waals surface area contributed by atoms with Gasteiger partial charge in [-0.05, 0) is 54.2 Å². The highest BCUT2D eigenvalue weighted by molar-refractivity contribution is 5.39. The molecule has 1 saturated heterocycles. The molecule has 0 aromatic heterocycles. The first-order valence-corrected chi connectivity index (χ1v) is 12.0. The lowest BCUT2D eigenvalue weighted by Crippen LogP contribution is -2.25. The largest absolute Gasteiger partial charge is 0.491 e. The van der Waals surface area contributed by atoms with Gasteiger partial charge in [-0.25, -0.2) is 0 Å². The van der Waals surface area contributed by atoms with Crippen LogP contribution in [0.1, 0.15) is 71.4 Å². The van der Waals surface area contributed by atoms with Gasteiger partial charge < -0.3 is 28.8 Å². The summed E-state index contributed by atoms with van der Waals surface area (Å²) in [5.74, 6) is 0.713. The molecule has 0 spiro atoms. The third-order valence-corrected chi connectivity index (χ3v) is 5.51. The highest BCUT2D eigenvalue weighted by Gasteiger charge is 2.27. The molecular weight excluding hydrogens is 408 g/mol. The van der Waals surface area contributed by atoms with Crippen LogP contribution >= 0.6 is 0 Å². The SMILES string of the molecule is CC(C)(C)CC(C)(C)c1ccc(OCCOCCOCCOC2CCCCO2)c(CO)c1. The molecule has 1 atom stereocenters. The van der Waals surface area contributed by atoms with Crippen molar-refractivity contribution in [2.75, 3.05) is 46.2 Å². The van der Waals surface area contributed by atoms with Crippen LogP contribution in [0.3, 0.4) is 0 Å². The summed E-state index contributed by atoms with van der Waals surface area (Å²) < 4.78 is 28.1. The van der Waals surface area contributed by atoms with E-state index in [4.69, 9.17) is 23.7 Å². The Labute approximate surface area is 194 Å². The Balaban J connectivity index is 1.61. The van der Waals surface area contributed by atoms with Crippen molar-refractivity contribution < 1.29 is 28.8 Å². The Bertz CT molecular complexity index is 646. The van der Waals surface area contributed by atoms with E-state index in [1.807, 2.05) is 6.07 Å². The second-order valence-electron chi connectivity index (χ2n) is 10.3. The maximum absolute atomic E-state index is 9.82. The Hall–Kier alpha value is -1.18. The second kappa shape index (κ2) is 13.5. The minimum absolute atomic E-state index is 0.0261. The third kappa shape index (κ3) is 10.2. The molecule has 1 heterocycles. The van der Waals surface area contributed by atoms with Gasteiger partial charge in [-0.2, -0.15) is 0 Å². The second-order valence-corrected chi connectivity index (χ2v) is 10.3. The summed E-state index contributed by atoms with van der Waals surface area (Å²) in [5.41, 5.74) is 2.29.